The number of hydrogen-bond acceptors (Lipinski definition) is 5. The molecule has 7 heteroatoms. The summed E-state index contributed by atoms with van der Waals surface area (Å²) in [6, 6.07) is 3.89. The van der Waals surface area contributed by atoms with Crippen LogP contribution >= 0.6 is 11.8 Å². The zero-order chi connectivity index (χ0) is 17.9. The third kappa shape index (κ3) is 6.16. The fourth-order valence-corrected chi connectivity index (χ4v) is 2.79. The lowest BCUT2D eigenvalue weighted by Gasteiger charge is -2.12. The molecule has 0 radical (unpaired) electrons. The molecule has 0 spiro atoms. The molecule has 6 nitrogen and oxygen atoms in total. The number of rotatable bonds is 10. The second kappa shape index (κ2) is 10.9. The molecule has 0 aliphatic heterocycles. The Labute approximate surface area is 153 Å². The van der Waals surface area contributed by atoms with E-state index in [4.69, 9.17) is 13.9 Å². The van der Waals surface area contributed by atoms with E-state index in [2.05, 4.69) is 35.9 Å². The van der Waals surface area contributed by atoms with Gasteiger partial charge in [0.25, 0.3) is 0 Å². The monoisotopic (exact) mass is 364 g/mol. The number of nitrogens with zero attached hydrogens (tertiary/aromatic N) is 2. The highest BCUT2D eigenvalue weighted by Gasteiger charge is 2.13. The Kier molecular flexibility index (Phi) is 8.45. The normalized spacial score (nSPS) is 11.7. The molecule has 2 aromatic heterocycles. The number of furan rings is 1. The van der Waals surface area contributed by atoms with Crippen LogP contribution in [-0.4, -0.2) is 36.2 Å². The first-order chi connectivity index (χ1) is 12.3. The van der Waals surface area contributed by atoms with Crippen LogP contribution in [0.4, 0.5) is 0 Å². The second-order valence-corrected chi connectivity index (χ2v) is 6.56. The van der Waals surface area contributed by atoms with E-state index in [1.54, 1.807) is 6.26 Å². The van der Waals surface area contributed by atoms with Crippen molar-refractivity contribution in [2.75, 3.05) is 25.1 Å². The maximum Gasteiger partial charge on any atom is 0.191 e. The van der Waals surface area contributed by atoms with E-state index in [1.807, 2.05) is 23.9 Å². The van der Waals surface area contributed by atoms with Crippen molar-refractivity contribution < 1.29 is 8.94 Å². The summed E-state index contributed by atoms with van der Waals surface area (Å²) in [5.41, 5.74) is 2.11. The summed E-state index contributed by atoms with van der Waals surface area (Å²) in [6.45, 7) is 6.38. The van der Waals surface area contributed by atoms with Gasteiger partial charge in [0.2, 0.25) is 0 Å². The Morgan fingerprint density at radius 1 is 1.24 bits per heavy atom. The number of aliphatic imine (C=N–C) groups is 1. The minimum Gasteiger partial charge on any atom is -0.469 e. The predicted octanol–water partition coefficient (Wildman–Crippen LogP) is 3.03. The quantitative estimate of drug-likeness (QED) is 0.383. The zero-order valence-electron chi connectivity index (χ0n) is 15.3. The molecule has 0 bridgehead atoms. The topological polar surface area (TPSA) is 75.6 Å². The summed E-state index contributed by atoms with van der Waals surface area (Å²) >= 11 is 1.81. The van der Waals surface area contributed by atoms with Gasteiger partial charge in [0, 0.05) is 37.2 Å². The van der Waals surface area contributed by atoms with Gasteiger partial charge in [-0.2, -0.15) is 11.8 Å². The summed E-state index contributed by atoms with van der Waals surface area (Å²) in [7, 11) is 0. The molecule has 0 aromatic carbocycles. The third-order valence-corrected chi connectivity index (χ3v) is 4.46. The molecular weight excluding hydrogens is 336 g/mol. The predicted molar refractivity (Wildman–Crippen MR) is 103 cm³/mol. The summed E-state index contributed by atoms with van der Waals surface area (Å²) in [5, 5.41) is 10.9. The number of guanidine groups is 1. The SMILES string of the molecule is CCc1noc(CC)c1CN=C(NCCSC)NCCc1ccco1. The van der Waals surface area contributed by atoms with Crippen molar-refractivity contribution in [1.29, 1.82) is 0 Å². The van der Waals surface area contributed by atoms with Gasteiger partial charge in [-0.3, -0.25) is 0 Å². The lowest BCUT2D eigenvalue weighted by atomic mass is 10.1. The summed E-state index contributed by atoms with van der Waals surface area (Å²) in [5.74, 6) is 3.74. The largest absolute Gasteiger partial charge is 0.469 e. The van der Waals surface area contributed by atoms with Gasteiger partial charge in [-0.1, -0.05) is 19.0 Å². The number of hydrogen-bond donors (Lipinski definition) is 2. The summed E-state index contributed by atoms with van der Waals surface area (Å²) < 4.78 is 10.8. The van der Waals surface area contributed by atoms with Crippen LogP contribution in [0, 0.1) is 0 Å². The molecule has 0 aliphatic carbocycles. The second-order valence-electron chi connectivity index (χ2n) is 5.58. The van der Waals surface area contributed by atoms with Crippen LogP contribution in [-0.2, 0) is 25.8 Å². The molecule has 138 valence electrons. The van der Waals surface area contributed by atoms with Crippen LogP contribution < -0.4 is 10.6 Å². The fourth-order valence-electron chi connectivity index (χ4n) is 2.48. The van der Waals surface area contributed by atoms with E-state index in [-0.39, 0.29) is 0 Å². The Hall–Kier alpha value is -1.89. The fraction of sp³-hybridized carbons (Fsp3) is 0.556. The van der Waals surface area contributed by atoms with Crippen molar-refractivity contribution in [3.63, 3.8) is 0 Å². The molecule has 2 aromatic rings. The van der Waals surface area contributed by atoms with Crippen molar-refractivity contribution in [3.05, 3.63) is 41.2 Å². The van der Waals surface area contributed by atoms with E-state index in [9.17, 15) is 0 Å². The van der Waals surface area contributed by atoms with Crippen LogP contribution in [0.15, 0.2) is 32.3 Å². The Balaban J connectivity index is 1.97. The number of thioether (sulfide) groups is 1. The molecule has 2 N–H and O–H groups in total. The molecule has 2 heterocycles. The van der Waals surface area contributed by atoms with Crippen molar-refractivity contribution in [1.82, 2.24) is 15.8 Å². The van der Waals surface area contributed by atoms with Gasteiger partial charge in [0.05, 0.1) is 18.5 Å². The minimum atomic E-state index is 0.575. The average molecular weight is 365 g/mol. The molecule has 0 unspecified atom stereocenters. The Morgan fingerprint density at radius 3 is 2.76 bits per heavy atom. The molecule has 0 saturated carbocycles. The average Bonchev–Trinajstić information content (AvgIpc) is 3.28. The van der Waals surface area contributed by atoms with Gasteiger partial charge in [0.1, 0.15) is 11.5 Å². The van der Waals surface area contributed by atoms with Crippen molar-refractivity contribution in [3.8, 4) is 0 Å². The van der Waals surface area contributed by atoms with Gasteiger partial charge >= 0.3 is 0 Å². The van der Waals surface area contributed by atoms with Crippen molar-refractivity contribution in [2.24, 2.45) is 4.99 Å². The van der Waals surface area contributed by atoms with E-state index in [0.717, 1.165) is 66.8 Å². The van der Waals surface area contributed by atoms with Crippen LogP contribution in [0.1, 0.15) is 36.6 Å². The van der Waals surface area contributed by atoms with Gasteiger partial charge < -0.3 is 19.6 Å². The van der Waals surface area contributed by atoms with E-state index in [1.165, 1.54) is 0 Å². The zero-order valence-corrected chi connectivity index (χ0v) is 16.1. The minimum absolute atomic E-state index is 0.575. The first-order valence-corrected chi connectivity index (χ1v) is 10.2. The maximum absolute atomic E-state index is 5.42. The molecule has 0 fully saturated rings. The van der Waals surface area contributed by atoms with Crippen LogP contribution in [0.25, 0.3) is 0 Å². The standard InChI is InChI=1S/C18H28N4O2S/c1-4-16-15(17(5-2)24-22-16)13-21-18(20-10-12-25-3)19-9-8-14-7-6-11-23-14/h6-7,11H,4-5,8-10,12-13H2,1-3H3,(H2,19,20,21). The molecule has 0 atom stereocenters. The first kappa shape index (κ1) is 19.4. The van der Waals surface area contributed by atoms with Crippen molar-refractivity contribution in [2.45, 2.75) is 39.7 Å². The van der Waals surface area contributed by atoms with Gasteiger partial charge in [-0.05, 0) is 24.8 Å². The van der Waals surface area contributed by atoms with E-state index < -0.39 is 0 Å². The lowest BCUT2D eigenvalue weighted by Crippen LogP contribution is -2.39. The molecule has 0 aliphatic rings. The van der Waals surface area contributed by atoms with Crippen LogP contribution in [0.2, 0.25) is 0 Å². The Bertz CT molecular complexity index is 616. The smallest absolute Gasteiger partial charge is 0.191 e. The highest BCUT2D eigenvalue weighted by molar-refractivity contribution is 7.98. The van der Waals surface area contributed by atoms with Crippen LogP contribution in [0.5, 0.6) is 0 Å². The van der Waals surface area contributed by atoms with E-state index >= 15 is 0 Å². The highest BCUT2D eigenvalue weighted by atomic mass is 32.2. The number of aromatic nitrogens is 1. The number of aryl methyl sites for hydroxylation is 2. The molecule has 25 heavy (non-hydrogen) atoms. The lowest BCUT2D eigenvalue weighted by molar-refractivity contribution is 0.380. The highest BCUT2D eigenvalue weighted by Crippen LogP contribution is 2.16. The van der Waals surface area contributed by atoms with Gasteiger partial charge in [0.15, 0.2) is 5.96 Å². The molecule has 0 amide bonds. The van der Waals surface area contributed by atoms with Crippen molar-refractivity contribution >= 4 is 17.7 Å². The Morgan fingerprint density at radius 2 is 2.08 bits per heavy atom. The van der Waals surface area contributed by atoms with E-state index in [0.29, 0.717) is 6.54 Å². The summed E-state index contributed by atoms with van der Waals surface area (Å²) in [6.07, 6.45) is 6.31. The maximum atomic E-state index is 5.42. The van der Waals surface area contributed by atoms with Crippen LogP contribution in [0.3, 0.4) is 0 Å². The third-order valence-electron chi connectivity index (χ3n) is 3.84. The molecule has 0 saturated heterocycles. The van der Waals surface area contributed by atoms with Gasteiger partial charge in [-0.15, -0.1) is 0 Å². The number of nitrogens with one attached hydrogen (secondary N) is 2. The summed E-state index contributed by atoms with van der Waals surface area (Å²) in [4.78, 5) is 4.73. The molecule has 2 rings (SSSR count). The first-order valence-electron chi connectivity index (χ1n) is 8.78. The van der Waals surface area contributed by atoms with Gasteiger partial charge in [-0.25, -0.2) is 4.99 Å². The molecular formula is C18H28N4O2S.